The smallest absolute Gasteiger partial charge is 0.250 e. The number of para-hydroxylation sites is 2. The number of benzene rings is 1. The largest absolute Gasteiger partial charge is 0.374 e. The molecule has 5 heteroatoms. The van der Waals surface area contributed by atoms with Crippen LogP contribution in [0.3, 0.4) is 0 Å². The molecule has 3 rings (SSSR count). The number of hydrogen-bond acceptors (Lipinski definition) is 3. The minimum atomic E-state index is -0.0524. The maximum atomic E-state index is 12.0. The highest BCUT2D eigenvalue weighted by Gasteiger charge is 2.22. The first-order valence-electron chi connectivity index (χ1n) is 6.54. The molecule has 2 aromatic rings. The van der Waals surface area contributed by atoms with Gasteiger partial charge in [-0.05, 0) is 18.2 Å². The monoisotopic (exact) mass is 269 g/mol. The molecular formula is C15H15N3O2. The molecule has 1 aromatic heterocycles. The lowest BCUT2D eigenvalue weighted by molar-refractivity contribution is -0.117. The summed E-state index contributed by atoms with van der Waals surface area (Å²) >= 11 is 0. The van der Waals surface area contributed by atoms with E-state index in [0.29, 0.717) is 19.6 Å². The zero-order valence-corrected chi connectivity index (χ0v) is 11.0. The Labute approximate surface area is 116 Å². The lowest BCUT2D eigenvalue weighted by Gasteiger charge is -2.30. The fourth-order valence-corrected chi connectivity index (χ4v) is 2.36. The van der Waals surface area contributed by atoms with Gasteiger partial charge >= 0.3 is 0 Å². The van der Waals surface area contributed by atoms with Crippen molar-refractivity contribution in [3.63, 3.8) is 0 Å². The molecular weight excluding hydrogens is 254 g/mol. The standard InChI is InChI=1S/C15H15N3O2/c19-14-7-3-4-8-17(14)9-10-18-13-6-2-1-5-12(13)16-11-15(18)20/h1-8,16H,9-11H2. The minimum absolute atomic E-state index is 0.0210. The summed E-state index contributed by atoms with van der Waals surface area (Å²) in [5.41, 5.74) is 1.77. The summed E-state index contributed by atoms with van der Waals surface area (Å²) in [7, 11) is 0. The van der Waals surface area contributed by atoms with Crippen LogP contribution in [0.5, 0.6) is 0 Å². The van der Waals surface area contributed by atoms with Crippen LogP contribution in [0.15, 0.2) is 53.5 Å². The number of aromatic nitrogens is 1. The van der Waals surface area contributed by atoms with Gasteiger partial charge in [0.25, 0.3) is 5.56 Å². The highest BCUT2D eigenvalue weighted by atomic mass is 16.2. The molecule has 1 aromatic carbocycles. The van der Waals surface area contributed by atoms with Gasteiger partial charge in [-0.25, -0.2) is 0 Å². The SMILES string of the molecule is O=C1CNc2ccccc2N1CCn1ccccc1=O. The zero-order chi connectivity index (χ0) is 13.9. The van der Waals surface area contributed by atoms with E-state index in [4.69, 9.17) is 0 Å². The van der Waals surface area contributed by atoms with Crippen molar-refractivity contribution in [2.45, 2.75) is 6.54 Å². The van der Waals surface area contributed by atoms with Crippen molar-refractivity contribution >= 4 is 17.3 Å². The number of nitrogens with one attached hydrogen (secondary N) is 1. The number of amides is 1. The normalized spacial score (nSPS) is 13.8. The second-order valence-corrected chi connectivity index (χ2v) is 4.65. The molecule has 5 nitrogen and oxygen atoms in total. The number of carbonyl (C=O) groups excluding carboxylic acids is 1. The van der Waals surface area contributed by atoms with Crippen molar-refractivity contribution in [2.24, 2.45) is 0 Å². The van der Waals surface area contributed by atoms with Crippen molar-refractivity contribution in [3.8, 4) is 0 Å². The molecule has 0 radical (unpaired) electrons. The third kappa shape index (κ3) is 2.30. The summed E-state index contributed by atoms with van der Waals surface area (Å²) in [5.74, 6) is 0.0210. The van der Waals surface area contributed by atoms with Crippen molar-refractivity contribution in [1.29, 1.82) is 0 Å². The minimum Gasteiger partial charge on any atom is -0.374 e. The molecule has 102 valence electrons. The summed E-state index contributed by atoms with van der Waals surface area (Å²) in [6, 6.07) is 12.7. The Hall–Kier alpha value is -2.56. The predicted molar refractivity (Wildman–Crippen MR) is 78.0 cm³/mol. The molecule has 0 saturated carbocycles. The number of fused-ring (bicyclic) bond motifs is 1. The Morgan fingerprint density at radius 2 is 1.80 bits per heavy atom. The third-order valence-electron chi connectivity index (χ3n) is 3.39. The molecule has 1 aliphatic rings. The van der Waals surface area contributed by atoms with Crippen LogP contribution in [-0.2, 0) is 11.3 Å². The van der Waals surface area contributed by atoms with E-state index in [2.05, 4.69) is 5.32 Å². The van der Waals surface area contributed by atoms with E-state index >= 15 is 0 Å². The zero-order valence-electron chi connectivity index (χ0n) is 11.0. The van der Waals surface area contributed by atoms with Gasteiger partial charge in [-0.3, -0.25) is 9.59 Å². The van der Waals surface area contributed by atoms with Crippen LogP contribution in [0, 0.1) is 0 Å². The first-order valence-corrected chi connectivity index (χ1v) is 6.54. The van der Waals surface area contributed by atoms with Gasteiger partial charge in [0.15, 0.2) is 0 Å². The van der Waals surface area contributed by atoms with E-state index in [-0.39, 0.29) is 11.5 Å². The van der Waals surface area contributed by atoms with Gasteiger partial charge in [0.2, 0.25) is 5.91 Å². The number of hydrogen-bond donors (Lipinski definition) is 1. The van der Waals surface area contributed by atoms with Crippen LogP contribution in [0.4, 0.5) is 11.4 Å². The highest BCUT2D eigenvalue weighted by Crippen LogP contribution is 2.28. The molecule has 0 atom stereocenters. The Morgan fingerprint density at radius 1 is 1.00 bits per heavy atom. The lowest BCUT2D eigenvalue weighted by Crippen LogP contribution is -2.42. The van der Waals surface area contributed by atoms with Gasteiger partial charge in [0.05, 0.1) is 17.9 Å². The van der Waals surface area contributed by atoms with Crippen molar-refractivity contribution in [3.05, 3.63) is 59.0 Å². The molecule has 2 heterocycles. The number of carbonyl (C=O) groups is 1. The van der Waals surface area contributed by atoms with E-state index in [1.165, 1.54) is 6.07 Å². The third-order valence-corrected chi connectivity index (χ3v) is 3.39. The van der Waals surface area contributed by atoms with E-state index in [1.807, 2.05) is 30.3 Å². The molecule has 1 amide bonds. The Bertz CT molecular complexity index is 693. The maximum Gasteiger partial charge on any atom is 0.250 e. The number of anilines is 2. The predicted octanol–water partition coefficient (Wildman–Crippen LogP) is 1.31. The Morgan fingerprint density at radius 3 is 2.65 bits per heavy atom. The van der Waals surface area contributed by atoms with Crippen molar-refractivity contribution in [2.75, 3.05) is 23.3 Å². The van der Waals surface area contributed by atoms with E-state index in [0.717, 1.165) is 11.4 Å². The summed E-state index contributed by atoms with van der Waals surface area (Å²) in [6.45, 7) is 1.27. The van der Waals surface area contributed by atoms with E-state index in [1.54, 1.807) is 21.7 Å². The average Bonchev–Trinajstić information content (AvgIpc) is 2.48. The molecule has 1 N–H and O–H groups in total. The number of pyridine rings is 1. The van der Waals surface area contributed by atoms with Crippen molar-refractivity contribution < 1.29 is 4.79 Å². The Kier molecular flexibility index (Phi) is 3.25. The topological polar surface area (TPSA) is 54.3 Å². The van der Waals surface area contributed by atoms with Crippen LogP contribution < -0.4 is 15.8 Å². The van der Waals surface area contributed by atoms with Crippen LogP contribution in [0.25, 0.3) is 0 Å². The summed E-state index contributed by atoms with van der Waals surface area (Å²) in [5, 5.41) is 3.09. The van der Waals surface area contributed by atoms with Gasteiger partial charge in [-0.15, -0.1) is 0 Å². The molecule has 0 aliphatic carbocycles. The van der Waals surface area contributed by atoms with Crippen LogP contribution >= 0.6 is 0 Å². The molecule has 20 heavy (non-hydrogen) atoms. The molecule has 0 bridgehead atoms. The second kappa shape index (κ2) is 5.21. The van der Waals surface area contributed by atoms with Gasteiger partial charge in [-0.1, -0.05) is 18.2 Å². The van der Waals surface area contributed by atoms with Gasteiger partial charge < -0.3 is 14.8 Å². The average molecular weight is 269 g/mol. The van der Waals surface area contributed by atoms with E-state index in [9.17, 15) is 9.59 Å². The Balaban J connectivity index is 1.82. The maximum absolute atomic E-state index is 12.0. The summed E-state index contributed by atoms with van der Waals surface area (Å²) < 4.78 is 1.61. The fraction of sp³-hybridized carbons (Fsp3) is 0.200. The number of nitrogens with zero attached hydrogens (tertiary/aromatic N) is 2. The molecule has 1 aliphatic heterocycles. The highest BCUT2D eigenvalue weighted by molar-refractivity contribution is 6.02. The number of rotatable bonds is 3. The molecule has 0 saturated heterocycles. The fourth-order valence-electron chi connectivity index (χ4n) is 2.36. The van der Waals surface area contributed by atoms with Gasteiger partial charge in [-0.2, -0.15) is 0 Å². The van der Waals surface area contributed by atoms with E-state index < -0.39 is 0 Å². The molecule has 0 spiro atoms. The van der Waals surface area contributed by atoms with Gasteiger partial charge in [0, 0.05) is 25.4 Å². The van der Waals surface area contributed by atoms with Gasteiger partial charge in [0.1, 0.15) is 0 Å². The summed E-state index contributed by atoms with van der Waals surface area (Å²) in [6.07, 6.45) is 1.74. The van der Waals surface area contributed by atoms with Crippen LogP contribution in [0.1, 0.15) is 0 Å². The quantitative estimate of drug-likeness (QED) is 0.914. The summed E-state index contributed by atoms with van der Waals surface area (Å²) in [4.78, 5) is 25.4. The molecule has 0 unspecified atom stereocenters. The van der Waals surface area contributed by atoms with Crippen LogP contribution in [-0.4, -0.2) is 23.6 Å². The first kappa shape index (κ1) is 12.5. The van der Waals surface area contributed by atoms with Crippen molar-refractivity contribution in [1.82, 2.24) is 4.57 Å². The first-order chi connectivity index (χ1) is 9.75. The second-order valence-electron chi connectivity index (χ2n) is 4.65. The molecule has 0 fully saturated rings. The lowest BCUT2D eigenvalue weighted by atomic mass is 10.2. The van der Waals surface area contributed by atoms with Crippen LogP contribution in [0.2, 0.25) is 0 Å².